The minimum atomic E-state index is -0.801. The second-order valence-corrected chi connectivity index (χ2v) is 3.56. The highest BCUT2D eigenvalue weighted by atomic mass is 16.5. The lowest BCUT2D eigenvalue weighted by Gasteiger charge is -2.08. The van der Waals surface area contributed by atoms with E-state index in [1.54, 1.807) is 14.0 Å². The molecule has 0 aliphatic carbocycles. The highest BCUT2D eigenvalue weighted by Crippen LogP contribution is 2.03. The Labute approximate surface area is 95.4 Å². The topological polar surface area (TPSA) is 87.7 Å². The minimum absolute atomic E-state index is 0.250. The first-order valence-corrected chi connectivity index (χ1v) is 5.31. The van der Waals surface area contributed by atoms with E-state index < -0.39 is 5.97 Å². The number of ether oxygens (including phenoxy) is 1. The molecule has 94 valence electrons. The molecule has 0 aliphatic heterocycles. The van der Waals surface area contributed by atoms with Crippen molar-refractivity contribution >= 4 is 12.0 Å². The fourth-order valence-corrected chi connectivity index (χ4v) is 1.06. The van der Waals surface area contributed by atoms with Gasteiger partial charge in [0.05, 0.1) is 12.5 Å². The molecule has 0 saturated carbocycles. The number of carboxylic acid groups (broad SMARTS) is 1. The quantitative estimate of drug-likeness (QED) is 0.530. The van der Waals surface area contributed by atoms with Crippen molar-refractivity contribution in [1.82, 2.24) is 10.6 Å². The van der Waals surface area contributed by atoms with Crippen molar-refractivity contribution in [2.45, 2.75) is 19.8 Å². The second kappa shape index (κ2) is 8.96. The van der Waals surface area contributed by atoms with Crippen LogP contribution in [-0.4, -0.2) is 43.9 Å². The number of amides is 2. The minimum Gasteiger partial charge on any atom is -0.481 e. The molecule has 0 spiro atoms. The van der Waals surface area contributed by atoms with Crippen LogP contribution in [0.4, 0.5) is 4.79 Å². The Morgan fingerprint density at radius 2 is 1.94 bits per heavy atom. The fourth-order valence-electron chi connectivity index (χ4n) is 1.06. The molecule has 0 heterocycles. The molecule has 6 nitrogen and oxygen atoms in total. The van der Waals surface area contributed by atoms with E-state index in [0.717, 1.165) is 0 Å². The van der Waals surface area contributed by atoms with Gasteiger partial charge in [-0.2, -0.15) is 0 Å². The van der Waals surface area contributed by atoms with Crippen LogP contribution >= 0.6 is 0 Å². The Hall–Kier alpha value is -1.30. The number of urea groups is 1. The Kier molecular flexibility index (Phi) is 8.24. The molecule has 0 aromatic carbocycles. The molecule has 3 N–H and O–H groups in total. The molecule has 0 fully saturated rings. The monoisotopic (exact) mass is 232 g/mol. The molecule has 0 aromatic rings. The molecule has 0 saturated heterocycles. The lowest BCUT2D eigenvalue weighted by molar-refractivity contribution is -0.141. The number of carbonyl (C=O) groups is 2. The van der Waals surface area contributed by atoms with E-state index in [-0.39, 0.29) is 11.9 Å². The molecule has 2 amide bonds. The summed E-state index contributed by atoms with van der Waals surface area (Å²) in [6, 6.07) is -0.250. The van der Waals surface area contributed by atoms with Crippen molar-refractivity contribution in [3.63, 3.8) is 0 Å². The maximum absolute atomic E-state index is 11.1. The van der Waals surface area contributed by atoms with Crippen molar-refractivity contribution in [3.05, 3.63) is 0 Å². The Bertz CT molecular complexity index is 221. The average molecular weight is 232 g/mol. The molecule has 0 bridgehead atoms. The zero-order valence-electron chi connectivity index (χ0n) is 9.78. The van der Waals surface area contributed by atoms with Crippen LogP contribution in [-0.2, 0) is 9.53 Å². The van der Waals surface area contributed by atoms with E-state index in [0.29, 0.717) is 32.5 Å². The first-order chi connectivity index (χ1) is 7.57. The van der Waals surface area contributed by atoms with Gasteiger partial charge in [-0.1, -0.05) is 6.92 Å². The third kappa shape index (κ3) is 8.05. The van der Waals surface area contributed by atoms with Gasteiger partial charge in [0.2, 0.25) is 0 Å². The van der Waals surface area contributed by atoms with Gasteiger partial charge in [-0.05, 0) is 12.8 Å². The fraction of sp³-hybridized carbons (Fsp3) is 0.800. The third-order valence-electron chi connectivity index (χ3n) is 2.11. The van der Waals surface area contributed by atoms with E-state index >= 15 is 0 Å². The number of carboxylic acids is 1. The third-order valence-corrected chi connectivity index (χ3v) is 2.11. The summed E-state index contributed by atoms with van der Waals surface area (Å²) in [5.74, 6) is -1.16. The summed E-state index contributed by atoms with van der Waals surface area (Å²) in [6.45, 7) is 3.08. The standard InChI is InChI=1S/C10H20N2O4/c1-8(9(13)14)4-3-5-11-10(15)12-6-7-16-2/h8H,3-7H2,1-2H3,(H,13,14)(H2,11,12,15). The van der Waals surface area contributed by atoms with Gasteiger partial charge in [-0.15, -0.1) is 0 Å². The van der Waals surface area contributed by atoms with Gasteiger partial charge in [-0.25, -0.2) is 4.79 Å². The SMILES string of the molecule is COCCNC(=O)NCCCC(C)C(=O)O. The second-order valence-electron chi connectivity index (χ2n) is 3.56. The number of aliphatic carboxylic acids is 1. The van der Waals surface area contributed by atoms with E-state index in [9.17, 15) is 9.59 Å². The van der Waals surface area contributed by atoms with Crippen LogP contribution in [0, 0.1) is 5.92 Å². The summed E-state index contributed by atoms with van der Waals surface area (Å²) >= 11 is 0. The number of hydrogen-bond acceptors (Lipinski definition) is 3. The van der Waals surface area contributed by atoms with Gasteiger partial charge >= 0.3 is 12.0 Å². The van der Waals surface area contributed by atoms with Crippen molar-refractivity contribution in [1.29, 1.82) is 0 Å². The van der Waals surface area contributed by atoms with Crippen LogP contribution in [0.5, 0.6) is 0 Å². The van der Waals surface area contributed by atoms with E-state index in [2.05, 4.69) is 10.6 Å². The maximum Gasteiger partial charge on any atom is 0.314 e. The highest BCUT2D eigenvalue weighted by molar-refractivity contribution is 5.73. The van der Waals surface area contributed by atoms with Crippen molar-refractivity contribution in [3.8, 4) is 0 Å². The summed E-state index contributed by atoms with van der Waals surface area (Å²) in [5, 5.41) is 13.9. The molecule has 1 atom stereocenters. The number of methoxy groups -OCH3 is 1. The van der Waals surface area contributed by atoms with Gasteiger partial charge in [-0.3, -0.25) is 4.79 Å². The molecule has 1 unspecified atom stereocenters. The normalized spacial score (nSPS) is 11.9. The van der Waals surface area contributed by atoms with Crippen LogP contribution in [0.1, 0.15) is 19.8 Å². The predicted molar refractivity (Wildman–Crippen MR) is 59.3 cm³/mol. The van der Waals surface area contributed by atoms with E-state index in [1.165, 1.54) is 0 Å². The van der Waals surface area contributed by atoms with Crippen LogP contribution in [0.15, 0.2) is 0 Å². The van der Waals surface area contributed by atoms with Crippen LogP contribution in [0.2, 0.25) is 0 Å². The summed E-state index contributed by atoms with van der Waals surface area (Å²) < 4.78 is 4.77. The summed E-state index contributed by atoms with van der Waals surface area (Å²) in [4.78, 5) is 21.6. The lowest BCUT2D eigenvalue weighted by atomic mass is 10.1. The Balaban J connectivity index is 3.37. The molecule has 0 aromatic heterocycles. The number of nitrogens with one attached hydrogen (secondary N) is 2. The van der Waals surface area contributed by atoms with Crippen molar-refractivity contribution in [2.75, 3.05) is 26.8 Å². The Morgan fingerprint density at radius 1 is 1.31 bits per heavy atom. The predicted octanol–water partition coefficient (Wildman–Crippen LogP) is 0.433. The maximum atomic E-state index is 11.1. The van der Waals surface area contributed by atoms with Crippen LogP contribution in [0.3, 0.4) is 0 Å². The van der Waals surface area contributed by atoms with E-state index in [4.69, 9.17) is 9.84 Å². The van der Waals surface area contributed by atoms with Crippen LogP contribution < -0.4 is 10.6 Å². The molecule has 0 rings (SSSR count). The molecule has 0 radical (unpaired) electrons. The first-order valence-electron chi connectivity index (χ1n) is 5.31. The number of rotatable bonds is 8. The number of carbonyl (C=O) groups excluding carboxylic acids is 1. The average Bonchev–Trinajstić information content (AvgIpc) is 2.24. The highest BCUT2D eigenvalue weighted by Gasteiger charge is 2.09. The molecular weight excluding hydrogens is 212 g/mol. The zero-order valence-corrected chi connectivity index (χ0v) is 9.78. The van der Waals surface area contributed by atoms with Gasteiger partial charge in [0, 0.05) is 20.2 Å². The largest absolute Gasteiger partial charge is 0.481 e. The summed E-state index contributed by atoms with van der Waals surface area (Å²) in [7, 11) is 1.56. The first kappa shape index (κ1) is 14.7. The molecule has 0 aliphatic rings. The van der Waals surface area contributed by atoms with Crippen molar-refractivity contribution < 1.29 is 19.4 Å². The van der Waals surface area contributed by atoms with Gasteiger partial charge < -0.3 is 20.5 Å². The smallest absolute Gasteiger partial charge is 0.314 e. The zero-order chi connectivity index (χ0) is 12.4. The van der Waals surface area contributed by atoms with Crippen molar-refractivity contribution in [2.24, 2.45) is 5.92 Å². The number of hydrogen-bond donors (Lipinski definition) is 3. The van der Waals surface area contributed by atoms with Gasteiger partial charge in [0.15, 0.2) is 0 Å². The lowest BCUT2D eigenvalue weighted by Crippen LogP contribution is -2.37. The Morgan fingerprint density at radius 3 is 2.50 bits per heavy atom. The van der Waals surface area contributed by atoms with Gasteiger partial charge in [0.1, 0.15) is 0 Å². The van der Waals surface area contributed by atoms with Crippen LogP contribution in [0.25, 0.3) is 0 Å². The molecule has 6 heteroatoms. The summed E-state index contributed by atoms with van der Waals surface area (Å²) in [6.07, 6.45) is 1.22. The summed E-state index contributed by atoms with van der Waals surface area (Å²) in [5.41, 5.74) is 0. The van der Waals surface area contributed by atoms with E-state index in [1.807, 2.05) is 0 Å². The van der Waals surface area contributed by atoms with Gasteiger partial charge in [0.25, 0.3) is 0 Å². The molecular formula is C10H20N2O4. The molecule has 16 heavy (non-hydrogen) atoms.